The average molecular weight is 409 g/mol. The highest BCUT2D eigenvalue weighted by molar-refractivity contribution is 6.46. The third-order valence-electron chi connectivity index (χ3n) is 4.21. The van der Waals surface area contributed by atoms with Crippen molar-refractivity contribution in [2.24, 2.45) is 5.92 Å². The van der Waals surface area contributed by atoms with Gasteiger partial charge in [-0.2, -0.15) is 0 Å². The molecule has 138 valence electrons. The summed E-state index contributed by atoms with van der Waals surface area (Å²) in [6.07, 6.45) is 4.85. The van der Waals surface area contributed by atoms with Crippen LogP contribution in [0.4, 0.5) is 5.69 Å². The first kappa shape index (κ1) is 20.1. The van der Waals surface area contributed by atoms with Crippen LogP contribution in [-0.4, -0.2) is 29.5 Å². The van der Waals surface area contributed by atoms with Crippen LogP contribution in [0.15, 0.2) is 0 Å². The van der Waals surface area contributed by atoms with Crippen molar-refractivity contribution in [1.29, 1.82) is 0 Å². The van der Waals surface area contributed by atoms with Gasteiger partial charge in [-0.25, -0.2) is 9.78 Å². The van der Waals surface area contributed by atoms with E-state index in [4.69, 9.17) is 45.3 Å². The van der Waals surface area contributed by atoms with Crippen molar-refractivity contribution in [3.05, 3.63) is 20.9 Å². The maximum Gasteiger partial charge on any atom is 0.359 e. The molecule has 0 spiro atoms. The number of carbonyl (C=O) groups excluding carboxylic acids is 2. The minimum atomic E-state index is -0.996. The average Bonchev–Trinajstić information content (AvgIpc) is 2.61. The van der Waals surface area contributed by atoms with Crippen molar-refractivity contribution >= 4 is 52.4 Å². The van der Waals surface area contributed by atoms with Crippen molar-refractivity contribution in [2.45, 2.75) is 45.1 Å². The van der Waals surface area contributed by atoms with E-state index in [2.05, 4.69) is 10.3 Å². The Balaban J connectivity index is 1.94. The molecule has 1 aromatic heterocycles. The molecule has 3 N–H and O–H groups in total. The number of nitrogen functional groups attached to an aromatic ring is 1. The lowest BCUT2D eigenvalue weighted by Crippen LogP contribution is -2.38. The summed E-state index contributed by atoms with van der Waals surface area (Å²) in [5.74, 6) is -0.787. The second-order valence-electron chi connectivity index (χ2n) is 6.09. The Morgan fingerprint density at radius 1 is 1.24 bits per heavy atom. The number of halogens is 3. The van der Waals surface area contributed by atoms with Gasteiger partial charge in [0.25, 0.3) is 5.91 Å². The van der Waals surface area contributed by atoms with Gasteiger partial charge in [-0.3, -0.25) is 4.79 Å². The van der Waals surface area contributed by atoms with Gasteiger partial charge in [-0.05, 0) is 25.7 Å². The van der Waals surface area contributed by atoms with E-state index in [-0.39, 0.29) is 32.5 Å². The zero-order chi connectivity index (χ0) is 18.6. The molecule has 9 heteroatoms. The molecule has 1 aromatic rings. The molecule has 25 heavy (non-hydrogen) atoms. The summed E-state index contributed by atoms with van der Waals surface area (Å²) in [5.41, 5.74) is 5.32. The Morgan fingerprint density at radius 3 is 2.52 bits per heavy atom. The van der Waals surface area contributed by atoms with Gasteiger partial charge in [-0.15, -0.1) is 0 Å². The molecule has 2 rings (SSSR count). The molecule has 1 aliphatic carbocycles. The van der Waals surface area contributed by atoms with Crippen molar-refractivity contribution in [2.75, 3.05) is 12.3 Å². The first-order valence-electron chi connectivity index (χ1n) is 8.10. The van der Waals surface area contributed by atoms with Crippen LogP contribution in [0.2, 0.25) is 15.2 Å². The number of esters is 1. The number of carbonyl (C=O) groups is 2. The maximum absolute atomic E-state index is 12.2. The molecule has 1 aliphatic rings. The molecular formula is C16H20Cl3N3O3. The molecule has 1 saturated carbocycles. The molecule has 1 amide bonds. The number of nitrogens with two attached hydrogens (primary N) is 1. The summed E-state index contributed by atoms with van der Waals surface area (Å²) in [6, 6.07) is 0. The number of anilines is 1. The van der Waals surface area contributed by atoms with Gasteiger partial charge < -0.3 is 15.8 Å². The Morgan fingerprint density at radius 2 is 1.88 bits per heavy atom. The molecule has 0 bridgehead atoms. The molecule has 0 unspecified atom stereocenters. The zero-order valence-electron chi connectivity index (χ0n) is 13.8. The second kappa shape index (κ2) is 8.92. The smallest absolute Gasteiger partial charge is 0.359 e. The van der Waals surface area contributed by atoms with E-state index >= 15 is 0 Å². The van der Waals surface area contributed by atoms with E-state index in [1.807, 2.05) is 0 Å². The number of nitrogens with one attached hydrogen (secondary N) is 1. The van der Waals surface area contributed by atoms with E-state index < -0.39 is 12.1 Å². The van der Waals surface area contributed by atoms with Crippen LogP contribution in [0.5, 0.6) is 0 Å². The number of pyridine rings is 1. The largest absolute Gasteiger partial charge is 0.448 e. The van der Waals surface area contributed by atoms with Crippen LogP contribution in [0, 0.1) is 5.92 Å². The Kier molecular flexibility index (Phi) is 7.16. The van der Waals surface area contributed by atoms with Gasteiger partial charge in [0.05, 0.1) is 10.7 Å². The van der Waals surface area contributed by atoms with Crippen molar-refractivity contribution in [3.8, 4) is 0 Å². The van der Waals surface area contributed by atoms with Gasteiger partial charge >= 0.3 is 5.97 Å². The summed E-state index contributed by atoms with van der Waals surface area (Å²) >= 11 is 17.6. The molecule has 1 fully saturated rings. The predicted molar refractivity (Wildman–Crippen MR) is 98.1 cm³/mol. The van der Waals surface area contributed by atoms with Crippen LogP contribution < -0.4 is 11.1 Å². The Hall–Kier alpha value is -1.24. The number of hydrogen-bond acceptors (Lipinski definition) is 5. The van der Waals surface area contributed by atoms with E-state index in [0.29, 0.717) is 12.5 Å². The molecular weight excluding hydrogens is 389 g/mol. The fourth-order valence-electron chi connectivity index (χ4n) is 2.72. The Labute approximate surface area is 161 Å². The fourth-order valence-corrected chi connectivity index (χ4v) is 3.30. The van der Waals surface area contributed by atoms with Crippen molar-refractivity contribution in [3.63, 3.8) is 0 Å². The van der Waals surface area contributed by atoms with E-state index in [1.54, 1.807) is 0 Å². The lowest BCUT2D eigenvalue weighted by Gasteiger charge is -2.22. The number of rotatable bonds is 5. The fraction of sp³-hybridized carbons (Fsp3) is 0.562. The number of ether oxygens (including phenoxy) is 1. The summed E-state index contributed by atoms with van der Waals surface area (Å²) in [4.78, 5) is 28.1. The van der Waals surface area contributed by atoms with Crippen LogP contribution in [0.1, 0.15) is 49.5 Å². The first-order chi connectivity index (χ1) is 11.8. The number of amides is 1. The third kappa shape index (κ3) is 5.12. The summed E-state index contributed by atoms with van der Waals surface area (Å²) < 4.78 is 5.11. The highest BCUT2D eigenvalue weighted by Gasteiger charge is 2.25. The second-order valence-corrected chi connectivity index (χ2v) is 7.20. The Bertz CT molecular complexity index is 664. The minimum absolute atomic E-state index is 0.0403. The number of nitrogens with zero attached hydrogens (tertiary/aromatic N) is 1. The molecule has 0 aliphatic heterocycles. The topological polar surface area (TPSA) is 94.3 Å². The summed E-state index contributed by atoms with van der Waals surface area (Å²) in [7, 11) is 0. The van der Waals surface area contributed by atoms with Crippen LogP contribution in [0.3, 0.4) is 0 Å². The highest BCUT2D eigenvalue weighted by Crippen LogP contribution is 2.34. The van der Waals surface area contributed by atoms with Crippen LogP contribution in [0.25, 0.3) is 0 Å². The maximum atomic E-state index is 12.2. The lowest BCUT2D eigenvalue weighted by molar-refractivity contribution is -0.129. The van der Waals surface area contributed by atoms with Crippen molar-refractivity contribution < 1.29 is 14.3 Å². The SMILES string of the molecule is C[C@@H](OC(=O)c1nc(Cl)c(Cl)c(N)c1Cl)C(=O)NCC1CCCCC1. The summed E-state index contributed by atoms with van der Waals surface area (Å²) in [5, 5.41) is 2.45. The lowest BCUT2D eigenvalue weighted by atomic mass is 9.89. The van der Waals surface area contributed by atoms with Crippen LogP contribution in [-0.2, 0) is 9.53 Å². The summed E-state index contributed by atoms with van der Waals surface area (Å²) in [6.45, 7) is 2.06. The molecule has 6 nitrogen and oxygen atoms in total. The van der Waals surface area contributed by atoms with Crippen LogP contribution >= 0.6 is 34.8 Å². The molecule has 1 heterocycles. The van der Waals surface area contributed by atoms with Gasteiger partial charge in [0.2, 0.25) is 0 Å². The van der Waals surface area contributed by atoms with Crippen molar-refractivity contribution in [1.82, 2.24) is 10.3 Å². The van der Waals surface area contributed by atoms with Gasteiger partial charge in [0.1, 0.15) is 5.02 Å². The number of aromatic nitrogens is 1. The quantitative estimate of drug-likeness (QED) is 0.570. The van der Waals surface area contributed by atoms with E-state index in [9.17, 15) is 9.59 Å². The van der Waals surface area contributed by atoms with Gasteiger partial charge in [0, 0.05) is 6.54 Å². The van der Waals surface area contributed by atoms with Gasteiger partial charge in [0.15, 0.2) is 17.0 Å². The predicted octanol–water partition coefficient (Wildman–Crippen LogP) is 3.87. The monoisotopic (exact) mass is 407 g/mol. The number of hydrogen-bond donors (Lipinski definition) is 2. The van der Waals surface area contributed by atoms with Gasteiger partial charge in [-0.1, -0.05) is 54.1 Å². The molecule has 1 atom stereocenters. The van der Waals surface area contributed by atoms with E-state index in [0.717, 1.165) is 12.8 Å². The molecule has 0 radical (unpaired) electrons. The highest BCUT2D eigenvalue weighted by atomic mass is 35.5. The minimum Gasteiger partial charge on any atom is -0.448 e. The first-order valence-corrected chi connectivity index (χ1v) is 9.23. The van der Waals surface area contributed by atoms with E-state index in [1.165, 1.54) is 26.2 Å². The zero-order valence-corrected chi connectivity index (χ0v) is 16.0. The normalized spacial score (nSPS) is 16.3. The molecule has 0 saturated heterocycles. The molecule has 0 aromatic carbocycles. The standard InChI is InChI=1S/C16H20Cl3N3O3/c1-8(15(23)21-7-9-5-3-2-4-6-9)25-16(24)13-10(17)12(20)11(18)14(19)22-13/h8-9H,2-7H2,1H3,(H2,20,22)(H,21,23)/t8-/m1/s1. The third-order valence-corrected chi connectivity index (χ3v) is 5.34.